The first kappa shape index (κ1) is 11.6. The molecule has 0 saturated carbocycles. The van der Waals surface area contributed by atoms with Crippen LogP contribution in [-0.2, 0) is 0 Å². The third kappa shape index (κ3) is 2.09. The number of thiophene rings is 1. The molecule has 1 fully saturated rings. The third-order valence-electron chi connectivity index (χ3n) is 3.60. The molecule has 0 spiro atoms. The molecule has 1 saturated heterocycles. The number of thiazole rings is 1. The maximum absolute atomic E-state index is 4.73. The Bertz CT molecular complexity index is 645. The molecular weight excluding hydrogens is 276 g/mol. The van der Waals surface area contributed by atoms with Gasteiger partial charge in [-0.05, 0) is 37.9 Å². The zero-order valence-corrected chi connectivity index (χ0v) is 12.0. The van der Waals surface area contributed by atoms with E-state index in [1.165, 1.54) is 27.2 Å². The number of aromatic amines is 1. The third-order valence-corrected chi connectivity index (χ3v) is 5.97. The molecule has 0 amide bonds. The van der Waals surface area contributed by atoms with Gasteiger partial charge in [-0.3, -0.25) is 5.10 Å². The Morgan fingerprint density at radius 3 is 2.84 bits per heavy atom. The Labute approximate surface area is 118 Å². The van der Waals surface area contributed by atoms with E-state index in [0.717, 1.165) is 29.6 Å². The summed E-state index contributed by atoms with van der Waals surface area (Å²) < 4.78 is 1.31. The summed E-state index contributed by atoms with van der Waals surface area (Å²) in [6, 6.07) is 2.34. The first-order chi connectivity index (χ1) is 9.40. The fraction of sp³-hybridized carbons (Fsp3) is 0.385. The van der Waals surface area contributed by atoms with E-state index in [1.54, 1.807) is 11.3 Å². The maximum atomic E-state index is 4.73. The number of nitrogens with zero attached hydrogens (tertiary/aromatic N) is 2. The zero-order chi connectivity index (χ0) is 12.7. The van der Waals surface area contributed by atoms with Crippen LogP contribution < -0.4 is 5.32 Å². The van der Waals surface area contributed by atoms with Gasteiger partial charge in [0.1, 0.15) is 9.84 Å². The lowest BCUT2D eigenvalue weighted by molar-refractivity contribution is 0.465. The molecule has 0 aromatic carbocycles. The van der Waals surface area contributed by atoms with Crippen LogP contribution in [0.3, 0.4) is 0 Å². The maximum Gasteiger partial charge on any atom is 0.135 e. The molecule has 0 aliphatic carbocycles. The van der Waals surface area contributed by atoms with Gasteiger partial charge in [0.15, 0.2) is 0 Å². The van der Waals surface area contributed by atoms with E-state index in [1.807, 2.05) is 23.7 Å². The molecule has 0 radical (unpaired) electrons. The standard InChI is InChI=1S/C13H14N4S2/c1-3-14-4-2-8(1)10-5-11-13(18-10)17-12(19-11)9-6-15-16-7-9/h5-8,14H,1-4H2,(H,15,16). The van der Waals surface area contributed by atoms with Crippen molar-refractivity contribution in [3.8, 4) is 10.6 Å². The van der Waals surface area contributed by atoms with Gasteiger partial charge in [0.05, 0.1) is 10.9 Å². The molecule has 2 N–H and O–H groups in total. The van der Waals surface area contributed by atoms with Crippen LogP contribution >= 0.6 is 22.7 Å². The van der Waals surface area contributed by atoms with Crippen LogP contribution in [0.5, 0.6) is 0 Å². The number of rotatable bonds is 2. The van der Waals surface area contributed by atoms with Gasteiger partial charge in [0.2, 0.25) is 0 Å². The van der Waals surface area contributed by atoms with Gasteiger partial charge in [0.25, 0.3) is 0 Å². The molecule has 4 heterocycles. The normalized spacial score (nSPS) is 17.3. The highest BCUT2D eigenvalue weighted by molar-refractivity contribution is 7.28. The summed E-state index contributed by atoms with van der Waals surface area (Å²) in [5.74, 6) is 0.727. The summed E-state index contributed by atoms with van der Waals surface area (Å²) in [6.45, 7) is 2.29. The Morgan fingerprint density at radius 1 is 1.21 bits per heavy atom. The van der Waals surface area contributed by atoms with Crippen molar-refractivity contribution in [3.63, 3.8) is 0 Å². The van der Waals surface area contributed by atoms with E-state index in [2.05, 4.69) is 21.6 Å². The largest absolute Gasteiger partial charge is 0.317 e. The van der Waals surface area contributed by atoms with Crippen LogP contribution in [0.1, 0.15) is 23.6 Å². The van der Waals surface area contributed by atoms with Crippen molar-refractivity contribution < 1.29 is 0 Å². The van der Waals surface area contributed by atoms with E-state index in [9.17, 15) is 0 Å². The summed E-state index contributed by atoms with van der Waals surface area (Å²) in [4.78, 5) is 7.42. The van der Waals surface area contributed by atoms with Gasteiger partial charge in [-0.25, -0.2) is 4.98 Å². The van der Waals surface area contributed by atoms with Gasteiger partial charge in [-0.15, -0.1) is 22.7 Å². The monoisotopic (exact) mass is 290 g/mol. The van der Waals surface area contributed by atoms with E-state index in [-0.39, 0.29) is 0 Å². The molecule has 0 unspecified atom stereocenters. The predicted molar refractivity (Wildman–Crippen MR) is 79.9 cm³/mol. The molecule has 0 bridgehead atoms. The molecule has 1 aliphatic rings. The lowest BCUT2D eigenvalue weighted by Gasteiger charge is -2.21. The number of fused-ring (bicyclic) bond motifs is 1. The Hall–Kier alpha value is -1.24. The van der Waals surface area contributed by atoms with Crippen molar-refractivity contribution in [1.29, 1.82) is 0 Å². The van der Waals surface area contributed by atoms with Crippen LogP contribution in [0.4, 0.5) is 0 Å². The topological polar surface area (TPSA) is 53.6 Å². The summed E-state index contributed by atoms with van der Waals surface area (Å²) in [7, 11) is 0. The molecule has 4 nitrogen and oxygen atoms in total. The van der Waals surface area contributed by atoms with Crippen LogP contribution in [0.25, 0.3) is 20.1 Å². The predicted octanol–water partition coefficient (Wildman–Crippen LogP) is 3.21. The van der Waals surface area contributed by atoms with Gasteiger partial charge >= 0.3 is 0 Å². The Balaban J connectivity index is 1.67. The van der Waals surface area contributed by atoms with Gasteiger partial charge in [0, 0.05) is 16.6 Å². The Morgan fingerprint density at radius 2 is 2.11 bits per heavy atom. The quantitative estimate of drug-likeness (QED) is 0.762. The van der Waals surface area contributed by atoms with Gasteiger partial charge < -0.3 is 5.32 Å². The van der Waals surface area contributed by atoms with Gasteiger partial charge in [-0.1, -0.05) is 0 Å². The van der Waals surface area contributed by atoms with Crippen molar-refractivity contribution in [2.24, 2.45) is 0 Å². The molecule has 6 heteroatoms. The van der Waals surface area contributed by atoms with Crippen LogP contribution in [0, 0.1) is 0 Å². The second-order valence-electron chi connectivity index (χ2n) is 4.85. The summed E-state index contributed by atoms with van der Waals surface area (Å²) in [5.41, 5.74) is 1.08. The van der Waals surface area contributed by atoms with E-state index in [0.29, 0.717) is 0 Å². The number of piperidine rings is 1. The minimum absolute atomic E-state index is 0.727. The van der Waals surface area contributed by atoms with E-state index >= 15 is 0 Å². The van der Waals surface area contributed by atoms with Gasteiger partial charge in [-0.2, -0.15) is 5.10 Å². The zero-order valence-electron chi connectivity index (χ0n) is 10.3. The lowest BCUT2D eigenvalue weighted by Crippen LogP contribution is -2.26. The first-order valence-electron chi connectivity index (χ1n) is 6.50. The van der Waals surface area contributed by atoms with Crippen LogP contribution in [-0.4, -0.2) is 28.3 Å². The van der Waals surface area contributed by atoms with Crippen molar-refractivity contribution in [2.45, 2.75) is 18.8 Å². The fourth-order valence-corrected chi connectivity index (χ4v) is 4.93. The Kier molecular flexibility index (Phi) is 2.86. The van der Waals surface area contributed by atoms with E-state index in [4.69, 9.17) is 4.98 Å². The minimum atomic E-state index is 0.727. The second kappa shape index (κ2) is 4.70. The lowest BCUT2D eigenvalue weighted by atomic mass is 9.97. The van der Waals surface area contributed by atoms with Crippen molar-refractivity contribution in [1.82, 2.24) is 20.5 Å². The summed E-state index contributed by atoms with van der Waals surface area (Å²) >= 11 is 3.63. The fourth-order valence-electron chi connectivity index (χ4n) is 2.55. The molecule has 4 rings (SSSR count). The van der Waals surface area contributed by atoms with Crippen LogP contribution in [0.15, 0.2) is 18.5 Å². The molecule has 3 aromatic heterocycles. The number of H-pyrrole nitrogens is 1. The number of aromatic nitrogens is 3. The molecule has 98 valence electrons. The minimum Gasteiger partial charge on any atom is -0.317 e. The first-order valence-corrected chi connectivity index (χ1v) is 8.13. The summed E-state index contributed by atoms with van der Waals surface area (Å²) in [5, 5.41) is 11.3. The second-order valence-corrected chi connectivity index (χ2v) is 6.94. The highest BCUT2D eigenvalue weighted by Gasteiger charge is 2.19. The highest BCUT2D eigenvalue weighted by Crippen LogP contribution is 2.39. The average Bonchev–Trinajstić information content (AvgIpc) is 3.14. The van der Waals surface area contributed by atoms with Crippen LogP contribution in [0.2, 0.25) is 0 Å². The smallest absolute Gasteiger partial charge is 0.135 e. The highest BCUT2D eigenvalue weighted by atomic mass is 32.1. The molecule has 0 atom stereocenters. The average molecular weight is 290 g/mol. The van der Waals surface area contributed by atoms with E-state index < -0.39 is 0 Å². The molecule has 1 aliphatic heterocycles. The van der Waals surface area contributed by atoms with Crippen molar-refractivity contribution in [3.05, 3.63) is 23.3 Å². The molecular formula is C13H14N4S2. The number of nitrogens with one attached hydrogen (secondary N) is 2. The van der Waals surface area contributed by atoms with Crippen molar-refractivity contribution in [2.75, 3.05) is 13.1 Å². The molecule has 3 aromatic rings. The van der Waals surface area contributed by atoms with Crippen molar-refractivity contribution >= 4 is 32.2 Å². The number of hydrogen-bond acceptors (Lipinski definition) is 5. The SMILES string of the molecule is c1n[nH]cc1-c1nc2sc(C3CCNCC3)cc2s1. The molecule has 19 heavy (non-hydrogen) atoms. The summed E-state index contributed by atoms with van der Waals surface area (Å²) in [6.07, 6.45) is 6.23. The number of hydrogen-bond donors (Lipinski definition) is 2.